The topological polar surface area (TPSA) is 139 Å². The van der Waals surface area contributed by atoms with Crippen molar-refractivity contribution < 1.29 is 43.2 Å². The average molecular weight is 642 g/mol. The molecule has 0 spiro atoms. The van der Waals surface area contributed by atoms with Gasteiger partial charge in [0.2, 0.25) is 13.2 Å². The molecule has 2 heterocycles. The molecular formula is C35H35N3O9. The minimum absolute atomic E-state index is 0.0203. The van der Waals surface area contributed by atoms with Gasteiger partial charge in [-0.3, -0.25) is 14.2 Å². The van der Waals surface area contributed by atoms with Crippen LogP contribution in [0.15, 0.2) is 72.4 Å². The number of hydrogen-bond acceptors (Lipinski definition) is 9. The van der Waals surface area contributed by atoms with E-state index in [1.807, 2.05) is 4.57 Å². The number of carboxylic acids is 1. The van der Waals surface area contributed by atoms with Crippen molar-refractivity contribution in [3.8, 4) is 34.4 Å². The summed E-state index contributed by atoms with van der Waals surface area (Å²) in [5, 5.41) is 10.3. The molecule has 0 aliphatic carbocycles. The summed E-state index contributed by atoms with van der Waals surface area (Å²) in [7, 11) is 3.02. The molecule has 12 nitrogen and oxygen atoms in total. The maximum atomic E-state index is 13.0. The molecular weight excluding hydrogens is 606 g/mol. The zero-order chi connectivity index (χ0) is 33.3. The number of carbonyl (C=O) groups excluding carboxylic acids is 2. The van der Waals surface area contributed by atoms with Crippen LogP contribution in [0, 0.1) is 0 Å². The smallest absolute Gasteiger partial charge is 0.331 e. The minimum atomic E-state index is -1.13. The Morgan fingerprint density at radius 1 is 1.02 bits per heavy atom. The van der Waals surface area contributed by atoms with Gasteiger partial charge in [-0.05, 0) is 42.8 Å². The Kier molecular flexibility index (Phi) is 10.4. The molecule has 3 aromatic carbocycles. The average Bonchev–Trinajstić information content (AvgIpc) is 3.73. The number of carboxylic acid groups (broad SMARTS) is 1. The van der Waals surface area contributed by atoms with Gasteiger partial charge < -0.3 is 28.8 Å². The van der Waals surface area contributed by atoms with Crippen LogP contribution in [0.25, 0.3) is 11.8 Å². The molecule has 12 heteroatoms. The summed E-state index contributed by atoms with van der Waals surface area (Å²) >= 11 is 0. The van der Waals surface area contributed by atoms with Crippen molar-refractivity contribution in [3.05, 3.63) is 95.1 Å². The maximum Gasteiger partial charge on any atom is 0.331 e. The van der Waals surface area contributed by atoms with Crippen LogP contribution in [0.3, 0.4) is 0 Å². The highest BCUT2D eigenvalue weighted by Crippen LogP contribution is 2.39. The summed E-state index contributed by atoms with van der Waals surface area (Å²) in [6.07, 6.45) is 5.93. The molecule has 244 valence electrons. The summed E-state index contributed by atoms with van der Waals surface area (Å²) in [6.45, 7) is 1.75. The van der Waals surface area contributed by atoms with Crippen LogP contribution in [0.4, 0.5) is 0 Å². The summed E-state index contributed by atoms with van der Waals surface area (Å²) in [4.78, 5) is 43.1. The van der Waals surface area contributed by atoms with Crippen LogP contribution < -0.4 is 23.7 Å². The highest BCUT2D eigenvalue weighted by Gasteiger charge is 2.23. The van der Waals surface area contributed by atoms with Crippen LogP contribution in [-0.2, 0) is 22.4 Å². The molecule has 1 aromatic heterocycles. The summed E-state index contributed by atoms with van der Waals surface area (Å²) in [5.41, 5.74) is 2.01. The molecule has 0 radical (unpaired) electrons. The molecule has 4 aromatic rings. The molecule has 1 aliphatic heterocycles. The normalized spacial score (nSPS) is 12.0. The Morgan fingerprint density at radius 3 is 2.47 bits per heavy atom. The van der Waals surface area contributed by atoms with Gasteiger partial charge in [0.1, 0.15) is 23.1 Å². The second kappa shape index (κ2) is 15.0. The van der Waals surface area contributed by atoms with Gasteiger partial charge in [0.25, 0.3) is 5.91 Å². The first kappa shape index (κ1) is 32.6. The fraction of sp³-hybridized carbons (Fsp3) is 0.257. The molecule has 1 aliphatic rings. The minimum Gasteiger partial charge on any atom is -0.497 e. The number of carbonyl (C=O) groups is 3. The first-order valence-corrected chi connectivity index (χ1v) is 15.0. The fourth-order valence-electron chi connectivity index (χ4n) is 5.11. The number of aliphatic carboxylic acids is 1. The Balaban J connectivity index is 1.54. The maximum absolute atomic E-state index is 13.0. The largest absolute Gasteiger partial charge is 0.497 e. The van der Waals surface area contributed by atoms with Crippen molar-refractivity contribution in [1.29, 1.82) is 0 Å². The molecule has 47 heavy (non-hydrogen) atoms. The molecule has 0 atom stereocenters. The zero-order valence-corrected chi connectivity index (χ0v) is 26.3. The number of aryl methyl sites for hydroxylation is 1. The van der Waals surface area contributed by atoms with E-state index in [4.69, 9.17) is 23.7 Å². The Morgan fingerprint density at radius 2 is 1.79 bits per heavy atom. The van der Waals surface area contributed by atoms with Crippen molar-refractivity contribution in [1.82, 2.24) is 14.5 Å². The Labute approximate surface area is 271 Å². The third-order valence-corrected chi connectivity index (χ3v) is 7.55. The van der Waals surface area contributed by atoms with E-state index >= 15 is 0 Å². The molecule has 5 rings (SSSR count). The number of methoxy groups -OCH3 is 2. The van der Waals surface area contributed by atoms with Crippen LogP contribution >= 0.6 is 0 Å². The van der Waals surface area contributed by atoms with Crippen molar-refractivity contribution in [3.63, 3.8) is 0 Å². The van der Waals surface area contributed by atoms with Crippen LogP contribution in [0.5, 0.6) is 28.7 Å². The number of imide groups is 1. The molecule has 0 saturated carbocycles. The number of aromatic nitrogens is 2. The van der Waals surface area contributed by atoms with Crippen molar-refractivity contribution >= 4 is 24.4 Å². The highest BCUT2D eigenvalue weighted by atomic mass is 16.7. The summed E-state index contributed by atoms with van der Waals surface area (Å²) in [5.74, 6) is 1.29. The fourth-order valence-corrected chi connectivity index (χ4v) is 5.11. The van der Waals surface area contributed by atoms with Gasteiger partial charge >= 0.3 is 5.97 Å². The van der Waals surface area contributed by atoms with Crippen LogP contribution in [0.2, 0.25) is 0 Å². The van der Waals surface area contributed by atoms with E-state index in [9.17, 15) is 19.5 Å². The number of rotatable bonds is 15. The molecule has 0 unspecified atom stereocenters. The molecule has 0 fully saturated rings. The number of unbranched alkanes of at least 4 members (excludes halogenated alkanes) is 1. The number of ether oxygens (including phenoxy) is 5. The van der Waals surface area contributed by atoms with Gasteiger partial charge in [0, 0.05) is 41.7 Å². The Bertz CT molecular complexity index is 1780. The monoisotopic (exact) mass is 641 g/mol. The van der Waals surface area contributed by atoms with Gasteiger partial charge in [-0.1, -0.05) is 31.5 Å². The second-order valence-electron chi connectivity index (χ2n) is 10.6. The molecule has 2 amide bonds. The predicted molar refractivity (Wildman–Crippen MR) is 171 cm³/mol. The number of fused-ring (bicyclic) bond motifs is 1. The lowest BCUT2D eigenvalue weighted by Crippen LogP contribution is -2.33. The zero-order valence-electron chi connectivity index (χ0n) is 26.3. The van der Waals surface area contributed by atoms with Gasteiger partial charge in [0.15, 0.2) is 18.2 Å². The highest BCUT2D eigenvalue weighted by molar-refractivity contribution is 5.99. The summed E-state index contributed by atoms with van der Waals surface area (Å²) < 4.78 is 29.8. The molecule has 0 bridgehead atoms. The van der Waals surface area contributed by atoms with Crippen LogP contribution in [-0.4, -0.2) is 65.6 Å². The quantitative estimate of drug-likeness (QED) is 0.103. The van der Waals surface area contributed by atoms with E-state index in [1.165, 1.54) is 14.2 Å². The first-order valence-electron chi connectivity index (χ1n) is 15.0. The summed E-state index contributed by atoms with van der Waals surface area (Å²) in [6, 6.07) is 16.9. The van der Waals surface area contributed by atoms with Gasteiger partial charge in [-0.15, -0.1) is 0 Å². The predicted octanol–water partition coefficient (Wildman–Crippen LogP) is 5.31. The van der Waals surface area contributed by atoms with Crippen molar-refractivity contribution in [2.45, 2.75) is 32.6 Å². The van der Waals surface area contributed by atoms with E-state index < -0.39 is 11.9 Å². The molecule has 1 N–H and O–H groups in total. The van der Waals surface area contributed by atoms with E-state index in [0.717, 1.165) is 17.7 Å². The second-order valence-corrected chi connectivity index (χ2v) is 10.6. The Hall–Kier alpha value is -5.78. The van der Waals surface area contributed by atoms with Gasteiger partial charge in [-0.25, -0.2) is 14.7 Å². The third-order valence-electron chi connectivity index (χ3n) is 7.55. The standard InChI is InChI=1S/C35H35N3O9/c1-4-5-11-33-36-19-26(15-25(35(41)42)14-24-16-31-32(47-22-46-31)18-29(24)44-3)38(33)28-13-12-27(43-2)17-30(28)45-21-37(20-39)34(40)23-9-7-6-8-10-23/h6-10,12-13,15-20H,4-5,11,14,21-22H2,1-3H3,(H,41,42). The number of benzene rings is 3. The van der Waals surface area contributed by atoms with Gasteiger partial charge in [0.05, 0.1) is 31.8 Å². The third kappa shape index (κ3) is 7.38. The van der Waals surface area contributed by atoms with Crippen molar-refractivity contribution in [2.75, 3.05) is 27.7 Å². The van der Waals surface area contributed by atoms with Crippen molar-refractivity contribution in [2.24, 2.45) is 0 Å². The van der Waals surface area contributed by atoms with E-state index in [-0.39, 0.29) is 31.3 Å². The first-order chi connectivity index (χ1) is 22.9. The number of amides is 2. The van der Waals surface area contributed by atoms with Gasteiger partial charge in [-0.2, -0.15) is 0 Å². The SMILES string of the molecule is CCCCc1ncc(C=C(Cc2cc3c(cc2OC)OCO3)C(=O)O)n1-c1ccc(OC)cc1OCN(C=O)C(=O)c1ccccc1. The lowest BCUT2D eigenvalue weighted by molar-refractivity contribution is -0.132. The number of imidazole rings is 1. The lowest BCUT2D eigenvalue weighted by atomic mass is 10.0. The lowest BCUT2D eigenvalue weighted by Gasteiger charge is -2.20. The molecule has 0 saturated heterocycles. The van der Waals surface area contributed by atoms with E-state index in [1.54, 1.807) is 72.9 Å². The van der Waals surface area contributed by atoms with Crippen LogP contribution in [0.1, 0.15) is 47.2 Å². The van der Waals surface area contributed by atoms with E-state index in [0.29, 0.717) is 64.2 Å². The number of hydrogen-bond donors (Lipinski definition) is 1. The number of nitrogens with zero attached hydrogens (tertiary/aromatic N) is 3. The van der Waals surface area contributed by atoms with E-state index in [2.05, 4.69) is 11.9 Å².